The number of nitrogens with two attached hydrogens (primary N) is 1. The van der Waals surface area contributed by atoms with Gasteiger partial charge in [0.05, 0.1) is 6.04 Å². The molecule has 4 aromatic rings. The molecular formula is C20H20N4OS. The van der Waals surface area contributed by atoms with Gasteiger partial charge in [-0.1, -0.05) is 59.8 Å². The number of hydrogen-bond acceptors (Lipinski definition) is 5. The minimum Gasteiger partial charge on any atom is -0.414 e. The molecular weight excluding hydrogens is 344 g/mol. The predicted octanol–water partition coefficient (Wildman–Crippen LogP) is 4.39. The Kier molecular flexibility index (Phi) is 4.77. The van der Waals surface area contributed by atoms with Crippen molar-refractivity contribution in [2.45, 2.75) is 30.4 Å². The molecule has 132 valence electrons. The molecule has 4 rings (SSSR count). The first-order chi connectivity index (χ1) is 12.7. The van der Waals surface area contributed by atoms with Crippen molar-refractivity contribution in [1.82, 2.24) is 15.2 Å². The highest BCUT2D eigenvalue weighted by Gasteiger charge is 2.17. The number of hydrogen-bond donors (Lipinski definition) is 2. The van der Waals surface area contributed by atoms with E-state index in [4.69, 9.17) is 10.2 Å². The summed E-state index contributed by atoms with van der Waals surface area (Å²) in [7, 11) is 0. The Hall–Kier alpha value is -2.57. The number of benzene rings is 2. The van der Waals surface area contributed by atoms with Gasteiger partial charge < -0.3 is 15.1 Å². The second kappa shape index (κ2) is 7.35. The molecule has 2 aromatic carbocycles. The molecule has 0 saturated carbocycles. The van der Waals surface area contributed by atoms with Gasteiger partial charge >= 0.3 is 0 Å². The number of thioether (sulfide) groups is 1. The summed E-state index contributed by atoms with van der Waals surface area (Å²) in [5, 5.41) is 9.99. The van der Waals surface area contributed by atoms with Gasteiger partial charge in [0, 0.05) is 22.9 Å². The number of nitrogens with one attached hydrogen (secondary N) is 1. The lowest BCUT2D eigenvalue weighted by atomic mass is 10.1. The van der Waals surface area contributed by atoms with E-state index in [0.717, 1.165) is 16.8 Å². The molecule has 0 fully saturated rings. The molecule has 0 spiro atoms. The van der Waals surface area contributed by atoms with Crippen molar-refractivity contribution in [3.8, 4) is 0 Å². The second-order valence-corrected chi connectivity index (χ2v) is 7.28. The third kappa shape index (κ3) is 3.66. The standard InChI is InChI=1S/C20H20N4OS/c1-13-5-4-6-14(9-13)12-26-20-24-23-19(25-20)17(21)10-15-11-22-18-8-3-2-7-16(15)18/h2-9,11,17,22H,10,12,21H2,1H3. The van der Waals surface area contributed by atoms with Crippen molar-refractivity contribution in [1.29, 1.82) is 0 Å². The van der Waals surface area contributed by atoms with Crippen LogP contribution in [0.25, 0.3) is 10.9 Å². The highest BCUT2D eigenvalue weighted by Crippen LogP contribution is 2.26. The van der Waals surface area contributed by atoms with Crippen molar-refractivity contribution in [3.05, 3.63) is 77.3 Å². The first kappa shape index (κ1) is 16.9. The van der Waals surface area contributed by atoms with Crippen LogP contribution in [-0.4, -0.2) is 15.2 Å². The van der Waals surface area contributed by atoms with Crippen LogP contribution in [-0.2, 0) is 12.2 Å². The van der Waals surface area contributed by atoms with E-state index in [1.165, 1.54) is 28.3 Å². The summed E-state index contributed by atoms with van der Waals surface area (Å²) in [5.41, 5.74) is 11.0. The fourth-order valence-corrected chi connectivity index (χ4v) is 3.71. The van der Waals surface area contributed by atoms with Crippen LogP contribution in [0.3, 0.4) is 0 Å². The van der Waals surface area contributed by atoms with Crippen LogP contribution in [0.15, 0.2) is 64.4 Å². The first-order valence-electron chi connectivity index (χ1n) is 8.51. The fourth-order valence-electron chi connectivity index (χ4n) is 3.00. The first-order valence-corrected chi connectivity index (χ1v) is 9.50. The number of fused-ring (bicyclic) bond motifs is 1. The Balaban J connectivity index is 1.42. The normalized spacial score (nSPS) is 12.5. The van der Waals surface area contributed by atoms with Crippen LogP contribution in [0, 0.1) is 6.92 Å². The Morgan fingerprint density at radius 3 is 2.92 bits per heavy atom. The van der Waals surface area contributed by atoms with Gasteiger partial charge in [-0.15, -0.1) is 10.2 Å². The van der Waals surface area contributed by atoms with E-state index in [1.54, 1.807) is 0 Å². The average molecular weight is 364 g/mol. The van der Waals surface area contributed by atoms with Crippen LogP contribution in [0.2, 0.25) is 0 Å². The lowest BCUT2D eigenvalue weighted by Crippen LogP contribution is -2.13. The van der Waals surface area contributed by atoms with E-state index < -0.39 is 0 Å². The third-order valence-corrected chi connectivity index (χ3v) is 5.19. The number of aromatic nitrogens is 3. The summed E-state index contributed by atoms with van der Waals surface area (Å²) in [4.78, 5) is 3.27. The predicted molar refractivity (Wildman–Crippen MR) is 104 cm³/mol. The van der Waals surface area contributed by atoms with Crippen LogP contribution in [0.1, 0.15) is 28.6 Å². The zero-order valence-electron chi connectivity index (χ0n) is 14.5. The van der Waals surface area contributed by atoms with Gasteiger partial charge in [0.1, 0.15) is 0 Å². The summed E-state index contributed by atoms with van der Waals surface area (Å²) < 4.78 is 5.76. The number of rotatable bonds is 6. The molecule has 1 unspecified atom stereocenters. The van der Waals surface area contributed by atoms with Gasteiger partial charge in [-0.2, -0.15) is 0 Å². The van der Waals surface area contributed by atoms with Crippen LogP contribution < -0.4 is 5.73 Å². The highest BCUT2D eigenvalue weighted by molar-refractivity contribution is 7.98. The van der Waals surface area contributed by atoms with Crippen molar-refractivity contribution < 1.29 is 4.42 Å². The maximum atomic E-state index is 6.30. The maximum Gasteiger partial charge on any atom is 0.276 e. The van der Waals surface area contributed by atoms with Crippen LogP contribution in [0.5, 0.6) is 0 Å². The molecule has 0 saturated heterocycles. The zero-order chi connectivity index (χ0) is 17.9. The Morgan fingerprint density at radius 2 is 2.04 bits per heavy atom. The van der Waals surface area contributed by atoms with Crippen LogP contribution >= 0.6 is 11.8 Å². The van der Waals surface area contributed by atoms with Gasteiger partial charge in [0.2, 0.25) is 5.89 Å². The lowest BCUT2D eigenvalue weighted by Gasteiger charge is -2.05. The Bertz CT molecular complexity index is 1020. The lowest BCUT2D eigenvalue weighted by molar-refractivity contribution is 0.385. The molecule has 1 atom stereocenters. The molecule has 2 heterocycles. The number of nitrogens with zero attached hydrogens (tertiary/aromatic N) is 2. The van der Waals surface area contributed by atoms with Gasteiger partial charge in [-0.05, 0) is 30.5 Å². The van der Waals surface area contributed by atoms with E-state index >= 15 is 0 Å². The van der Waals surface area contributed by atoms with Crippen molar-refractivity contribution in [2.24, 2.45) is 5.73 Å². The van der Waals surface area contributed by atoms with E-state index in [9.17, 15) is 0 Å². The largest absolute Gasteiger partial charge is 0.414 e. The summed E-state index contributed by atoms with van der Waals surface area (Å²) in [6, 6.07) is 16.3. The molecule has 0 radical (unpaired) electrons. The van der Waals surface area contributed by atoms with E-state index in [1.807, 2.05) is 18.3 Å². The Morgan fingerprint density at radius 1 is 1.15 bits per heavy atom. The number of para-hydroxylation sites is 1. The molecule has 0 aliphatic carbocycles. The molecule has 0 bridgehead atoms. The topological polar surface area (TPSA) is 80.7 Å². The summed E-state index contributed by atoms with van der Waals surface area (Å²) >= 11 is 1.53. The second-order valence-electron chi connectivity index (χ2n) is 6.35. The third-order valence-electron chi connectivity index (χ3n) is 4.30. The van der Waals surface area contributed by atoms with Gasteiger partial charge in [0.15, 0.2) is 0 Å². The molecule has 3 N–H and O–H groups in total. The van der Waals surface area contributed by atoms with Gasteiger partial charge in [0.25, 0.3) is 5.22 Å². The Labute approximate surface area is 156 Å². The van der Waals surface area contributed by atoms with Gasteiger partial charge in [-0.25, -0.2) is 0 Å². The smallest absolute Gasteiger partial charge is 0.276 e. The number of aryl methyl sites for hydroxylation is 1. The maximum absolute atomic E-state index is 6.30. The van der Waals surface area contributed by atoms with Gasteiger partial charge in [-0.3, -0.25) is 0 Å². The van der Waals surface area contributed by atoms with E-state index in [2.05, 4.69) is 58.5 Å². The van der Waals surface area contributed by atoms with Crippen molar-refractivity contribution >= 4 is 22.7 Å². The summed E-state index contributed by atoms with van der Waals surface area (Å²) in [6.45, 7) is 2.09. The van der Waals surface area contributed by atoms with Crippen molar-refractivity contribution in [2.75, 3.05) is 0 Å². The minimum atomic E-state index is -0.324. The molecule has 5 nitrogen and oxygen atoms in total. The molecule has 0 amide bonds. The highest BCUT2D eigenvalue weighted by atomic mass is 32.2. The summed E-state index contributed by atoms with van der Waals surface area (Å²) in [6.07, 6.45) is 2.64. The molecule has 2 aromatic heterocycles. The number of H-pyrrole nitrogens is 1. The minimum absolute atomic E-state index is 0.324. The fraction of sp³-hybridized carbons (Fsp3) is 0.200. The SMILES string of the molecule is Cc1cccc(CSc2nnc(C(N)Cc3c[nH]c4ccccc34)o2)c1. The molecule has 6 heteroatoms. The molecule has 0 aliphatic heterocycles. The van der Waals surface area contributed by atoms with Crippen molar-refractivity contribution in [3.63, 3.8) is 0 Å². The molecule has 26 heavy (non-hydrogen) atoms. The van der Waals surface area contributed by atoms with E-state index in [0.29, 0.717) is 17.5 Å². The van der Waals surface area contributed by atoms with Crippen LogP contribution in [0.4, 0.5) is 0 Å². The quantitative estimate of drug-likeness (QED) is 0.496. The van der Waals surface area contributed by atoms with E-state index in [-0.39, 0.29) is 6.04 Å². The number of aromatic amines is 1. The zero-order valence-corrected chi connectivity index (χ0v) is 15.3. The average Bonchev–Trinajstić information content (AvgIpc) is 3.28. The monoisotopic (exact) mass is 364 g/mol. The summed E-state index contributed by atoms with van der Waals surface area (Å²) in [5.74, 6) is 1.27. The molecule has 0 aliphatic rings.